The van der Waals surface area contributed by atoms with Crippen molar-refractivity contribution in [2.45, 2.75) is 25.2 Å². The summed E-state index contributed by atoms with van der Waals surface area (Å²) in [6.45, 7) is -0.333. The lowest BCUT2D eigenvalue weighted by molar-refractivity contribution is -0.339. The second-order valence-electron chi connectivity index (χ2n) is 5.83. The number of phosphoric acid groups is 3. The summed E-state index contributed by atoms with van der Waals surface area (Å²) in [4.78, 5) is 79.9. The fraction of sp³-hybridized carbons (Fsp3) is 0.545. The minimum absolute atomic E-state index is 0.319. The van der Waals surface area contributed by atoms with E-state index in [1.807, 2.05) is 4.98 Å². The van der Waals surface area contributed by atoms with Gasteiger partial charge < -0.3 is 38.1 Å². The first-order valence-electron chi connectivity index (χ1n) is 7.90. The monoisotopic (exact) mass is 506 g/mol. The molecular weight excluding hydrogens is 493 g/mol. The number of hydrogen-bond acceptors (Lipinski definition) is 15. The van der Waals surface area contributed by atoms with Crippen LogP contribution in [-0.2, 0) is 41.1 Å². The zero-order chi connectivity index (χ0) is 23.6. The summed E-state index contributed by atoms with van der Waals surface area (Å²) in [5.41, 5.74) is -1.60. The highest BCUT2D eigenvalue weighted by molar-refractivity contribution is 7.64. The van der Waals surface area contributed by atoms with Crippen LogP contribution in [0.15, 0.2) is 21.9 Å². The Morgan fingerprint density at radius 3 is 2.39 bits per heavy atom. The number of aromatic nitrogens is 2. The number of ether oxygens (including phenoxy) is 2. The van der Waals surface area contributed by atoms with Gasteiger partial charge in [0.2, 0.25) is 0 Å². The number of carbonyl (C=O) groups is 1. The van der Waals surface area contributed by atoms with Crippen molar-refractivity contribution >= 4 is 29.4 Å². The Labute approximate surface area is 172 Å². The first-order chi connectivity index (χ1) is 14.1. The molecule has 2 rings (SSSR count). The van der Waals surface area contributed by atoms with Crippen molar-refractivity contribution in [3.8, 4) is 0 Å². The van der Waals surface area contributed by atoms with Crippen LogP contribution >= 0.6 is 23.5 Å². The van der Waals surface area contributed by atoms with Crippen LogP contribution in [-0.4, -0.2) is 40.9 Å². The van der Waals surface area contributed by atoms with Gasteiger partial charge in [-0.25, -0.2) is 9.11 Å². The van der Waals surface area contributed by atoms with E-state index in [4.69, 9.17) is 9.47 Å². The van der Waals surface area contributed by atoms with E-state index < -0.39 is 65.5 Å². The molecule has 0 saturated carbocycles. The van der Waals surface area contributed by atoms with E-state index in [1.54, 1.807) is 0 Å². The topological polar surface area (TPSA) is 262 Å². The Hall–Kier alpha value is -1.48. The van der Waals surface area contributed by atoms with Crippen LogP contribution in [0.3, 0.4) is 0 Å². The molecule has 2 heterocycles. The summed E-state index contributed by atoms with van der Waals surface area (Å²) in [6, 6.07) is -0.0405. The average Bonchev–Trinajstić information content (AvgIpc) is 2.91. The summed E-state index contributed by atoms with van der Waals surface area (Å²) >= 11 is 0. The first kappa shape index (κ1) is 25.8. The summed E-state index contributed by atoms with van der Waals surface area (Å²) < 4.78 is 55.0. The van der Waals surface area contributed by atoms with Crippen molar-refractivity contribution in [2.75, 3.05) is 13.2 Å². The van der Waals surface area contributed by atoms with Gasteiger partial charge in [-0.3, -0.25) is 32.6 Å². The van der Waals surface area contributed by atoms with E-state index in [2.05, 4.69) is 13.1 Å². The molecule has 1 aliphatic rings. The number of H-pyrrole nitrogens is 1. The molecule has 31 heavy (non-hydrogen) atoms. The van der Waals surface area contributed by atoms with Crippen LogP contribution < -0.4 is 30.8 Å². The number of phosphoric ester groups is 1. The summed E-state index contributed by atoms with van der Waals surface area (Å²) in [5, 5.41) is 0. The third kappa shape index (κ3) is 7.86. The van der Waals surface area contributed by atoms with E-state index in [9.17, 15) is 47.7 Å². The number of nitrogens with zero attached hydrogens (tertiary/aromatic N) is 1. The van der Waals surface area contributed by atoms with E-state index >= 15 is 0 Å². The molecule has 20 heteroatoms. The zero-order valence-electron chi connectivity index (χ0n) is 15.2. The van der Waals surface area contributed by atoms with Crippen molar-refractivity contribution in [2.24, 2.45) is 0 Å². The lowest BCUT2D eigenvalue weighted by Gasteiger charge is -2.37. The van der Waals surface area contributed by atoms with Crippen LogP contribution in [0, 0.1) is 0 Å². The lowest BCUT2D eigenvalue weighted by atomic mass is 10.1. The van der Waals surface area contributed by atoms with Crippen molar-refractivity contribution in [3.63, 3.8) is 0 Å². The third-order valence-corrected chi connectivity index (χ3v) is 7.20. The maximum atomic E-state index is 12.0. The maximum absolute atomic E-state index is 12.0. The van der Waals surface area contributed by atoms with E-state index in [1.165, 1.54) is 0 Å². The second-order valence-corrected chi connectivity index (χ2v) is 10.1. The van der Waals surface area contributed by atoms with Gasteiger partial charge in [-0.2, -0.15) is 0 Å². The normalized spacial score (nSPS) is 25.5. The van der Waals surface area contributed by atoms with Gasteiger partial charge >= 0.3 is 11.7 Å². The third-order valence-electron chi connectivity index (χ3n) is 3.53. The Bertz CT molecular complexity index is 1070. The molecule has 0 bridgehead atoms. The van der Waals surface area contributed by atoms with Crippen LogP contribution in [0.2, 0.25) is 0 Å². The van der Waals surface area contributed by atoms with Crippen molar-refractivity contribution in [1.29, 1.82) is 0 Å². The van der Waals surface area contributed by atoms with Crippen LogP contribution in [0.25, 0.3) is 0 Å². The second kappa shape index (κ2) is 9.57. The number of rotatable bonds is 9. The van der Waals surface area contributed by atoms with Crippen LogP contribution in [0.5, 0.6) is 0 Å². The molecular formula is C11H13N2O15P3-4. The van der Waals surface area contributed by atoms with E-state index in [0.717, 1.165) is 23.8 Å². The number of esters is 1. The van der Waals surface area contributed by atoms with Gasteiger partial charge in [0.25, 0.3) is 21.2 Å². The van der Waals surface area contributed by atoms with Gasteiger partial charge in [-0.05, 0) is 0 Å². The molecule has 0 aliphatic carbocycles. The molecule has 0 radical (unpaired) electrons. The standard InChI is InChI=1S/C11H17N2O15P3/c1-6(14)26-10-7(13-3-2-9(15)12-11(13)16)4-24-8(10)5-25-30(20,21)28-31(22,23)27-29(17,18)19/h2-3,7-8,10H,4-5H2,1H3,(H,20,21)(H,22,23)(H,12,15,16)(H2,17,18,19)/p-4/t7-,8-,10+/m0/s1. The molecule has 1 fully saturated rings. The first-order valence-corrected chi connectivity index (χ1v) is 12.3. The van der Waals surface area contributed by atoms with Gasteiger partial charge in [-0.15, -0.1) is 0 Å². The molecule has 17 nitrogen and oxygen atoms in total. The number of aromatic amines is 1. The molecule has 5 atom stereocenters. The van der Waals surface area contributed by atoms with Gasteiger partial charge in [-0.1, -0.05) is 0 Å². The highest BCUT2D eigenvalue weighted by Crippen LogP contribution is 2.60. The molecule has 0 amide bonds. The smallest absolute Gasteiger partial charge is 0.328 e. The Morgan fingerprint density at radius 1 is 1.19 bits per heavy atom. The van der Waals surface area contributed by atoms with Crippen molar-refractivity contribution in [1.82, 2.24) is 9.55 Å². The fourth-order valence-corrected chi connectivity index (χ4v) is 5.39. The molecule has 176 valence electrons. The highest BCUT2D eigenvalue weighted by atomic mass is 31.3. The van der Waals surface area contributed by atoms with Gasteiger partial charge in [0.15, 0.2) is 6.10 Å². The maximum Gasteiger partial charge on any atom is 0.328 e. The summed E-state index contributed by atoms with van der Waals surface area (Å²) in [7, 11) is -18.1. The summed E-state index contributed by atoms with van der Waals surface area (Å²) in [5.74, 6) is -0.858. The van der Waals surface area contributed by atoms with Gasteiger partial charge in [0.1, 0.15) is 12.1 Å². The molecule has 1 saturated heterocycles. The van der Waals surface area contributed by atoms with Gasteiger partial charge in [0, 0.05) is 19.2 Å². The van der Waals surface area contributed by atoms with Crippen molar-refractivity contribution < 1.29 is 60.7 Å². The predicted molar refractivity (Wildman–Crippen MR) is 86.6 cm³/mol. The fourth-order valence-electron chi connectivity index (χ4n) is 2.52. The van der Waals surface area contributed by atoms with Gasteiger partial charge in [0.05, 0.1) is 21.0 Å². The van der Waals surface area contributed by atoms with E-state index in [0.29, 0.717) is 0 Å². The summed E-state index contributed by atoms with van der Waals surface area (Å²) in [6.07, 6.45) is -1.64. The molecule has 1 aromatic rings. The average molecular weight is 506 g/mol. The largest absolute Gasteiger partial charge is 0.790 e. The molecule has 1 aliphatic heterocycles. The SMILES string of the molecule is CC(=O)O[C@H]1[C@H](COP(=O)([O-])OP(=O)([O-])OP(=O)([O-])[O-])OC[C@@H]1n1ccc(=O)[nH]c1=O. The lowest BCUT2D eigenvalue weighted by Crippen LogP contribution is -2.40. The predicted octanol–water partition coefficient (Wildman–Crippen LogP) is -3.78. The molecule has 1 N–H and O–H groups in total. The van der Waals surface area contributed by atoms with E-state index in [-0.39, 0.29) is 6.61 Å². The quantitative estimate of drug-likeness (QED) is 0.249. The van der Waals surface area contributed by atoms with Crippen LogP contribution in [0.1, 0.15) is 13.0 Å². The number of carbonyl (C=O) groups excluding carboxylic acids is 1. The number of hydrogen-bond donors (Lipinski definition) is 1. The number of nitrogens with one attached hydrogen (secondary N) is 1. The highest BCUT2D eigenvalue weighted by Gasteiger charge is 2.42. The van der Waals surface area contributed by atoms with Crippen molar-refractivity contribution in [3.05, 3.63) is 33.1 Å². The Kier molecular flexibility index (Phi) is 7.95. The Balaban J connectivity index is 2.14. The molecule has 2 unspecified atom stereocenters. The zero-order valence-corrected chi connectivity index (χ0v) is 17.9. The van der Waals surface area contributed by atoms with Crippen LogP contribution in [0.4, 0.5) is 0 Å². The molecule has 0 spiro atoms. The molecule has 1 aromatic heterocycles. The minimum atomic E-state index is -6.15. The minimum Gasteiger partial charge on any atom is -0.790 e. The Morgan fingerprint density at radius 2 is 1.84 bits per heavy atom. The molecule has 0 aromatic carbocycles.